The quantitative estimate of drug-likeness (QED) is 0.829. The summed E-state index contributed by atoms with van der Waals surface area (Å²) in [5, 5.41) is 7.44. The van der Waals surface area contributed by atoms with Crippen molar-refractivity contribution in [2.75, 3.05) is 17.6 Å². The minimum Gasteiger partial charge on any atom is -0.384 e. The van der Waals surface area contributed by atoms with E-state index in [1.54, 1.807) is 6.07 Å². The topological polar surface area (TPSA) is 81.6 Å². The molecular weight excluding hydrogens is 228 g/mol. The van der Waals surface area contributed by atoms with Crippen molar-refractivity contribution in [2.45, 2.75) is 26.8 Å². The van der Waals surface area contributed by atoms with Gasteiger partial charge in [0.1, 0.15) is 17.5 Å². The first-order valence-corrected chi connectivity index (χ1v) is 6.03. The zero-order chi connectivity index (χ0) is 13.0. The Kier molecular flexibility index (Phi) is 3.76. The summed E-state index contributed by atoms with van der Waals surface area (Å²) < 4.78 is 1.90. The maximum atomic E-state index is 5.71. The van der Waals surface area contributed by atoms with Crippen LogP contribution in [-0.2, 0) is 13.0 Å². The first-order valence-electron chi connectivity index (χ1n) is 6.03. The molecule has 2 aromatic rings. The van der Waals surface area contributed by atoms with E-state index < -0.39 is 0 Å². The molecule has 0 saturated carbocycles. The molecule has 0 aliphatic carbocycles. The second kappa shape index (κ2) is 5.48. The number of anilines is 2. The molecule has 2 aromatic heterocycles. The zero-order valence-corrected chi connectivity index (χ0v) is 10.7. The lowest BCUT2D eigenvalue weighted by Crippen LogP contribution is -2.13. The molecule has 0 aromatic carbocycles. The van der Waals surface area contributed by atoms with E-state index in [2.05, 4.69) is 20.4 Å². The van der Waals surface area contributed by atoms with Gasteiger partial charge in [-0.3, -0.25) is 4.68 Å². The average molecular weight is 246 g/mol. The number of nitrogens with two attached hydrogens (primary N) is 1. The number of aromatic nitrogens is 4. The van der Waals surface area contributed by atoms with Crippen molar-refractivity contribution in [3.8, 4) is 0 Å². The predicted molar refractivity (Wildman–Crippen MR) is 71.3 cm³/mol. The zero-order valence-electron chi connectivity index (χ0n) is 10.7. The molecular formula is C12H18N6. The van der Waals surface area contributed by atoms with Crippen molar-refractivity contribution in [3.63, 3.8) is 0 Å². The van der Waals surface area contributed by atoms with Crippen molar-refractivity contribution < 1.29 is 0 Å². The second-order valence-electron chi connectivity index (χ2n) is 4.16. The van der Waals surface area contributed by atoms with Crippen LogP contribution in [0.15, 0.2) is 18.5 Å². The van der Waals surface area contributed by atoms with Gasteiger partial charge in [0.15, 0.2) is 0 Å². The van der Waals surface area contributed by atoms with E-state index >= 15 is 0 Å². The second-order valence-corrected chi connectivity index (χ2v) is 4.16. The number of hydrogen-bond donors (Lipinski definition) is 2. The first kappa shape index (κ1) is 12.3. The Morgan fingerprint density at radius 2 is 2.22 bits per heavy atom. The molecule has 2 heterocycles. The fraction of sp³-hybridized carbons (Fsp3) is 0.417. The smallest absolute Gasteiger partial charge is 0.132 e. The Morgan fingerprint density at radius 1 is 1.39 bits per heavy atom. The van der Waals surface area contributed by atoms with Crippen LogP contribution in [0.1, 0.15) is 18.3 Å². The fourth-order valence-corrected chi connectivity index (χ4v) is 1.65. The molecule has 96 valence electrons. The van der Waals surface area contributed by atoms with Gasteiger partial charge in [0.05, 0.1) is 12.7 Å². The Labute approximate surface area is 106 Å². The summed E-state index contributed by atoms with van der Waals surface area (Å²) in [6, 6.07) is 1.74. The molecule has 0 bridgehead atoms. The highest BCUT2D eigenvalue weighted by atomic mass is 15.3. The van der Waals surface area contributed by atoms with Gasteiger partial charge in [-0.05, 0) is 12.5 Å². The van der Waals surface area contributed by atoms with E-state index in [1.165, 1.54) is 0 Å². The molecule has 0 aliphatic heterocycles. The molecule has 0 spiro atoms. The summed E-state index contributed by atoms with van der Waals surface area (Å²) in [5.41, 5.74) is 6.87. The van der Waals surface area contributed by atoms with Gasteiger partial charge in [-0.25, -0.2) is 9.97 Å². The van der Waals surface area contributed by atoms with Crippen molar-refractivity contribution in [3.05, 3.63) is 29.8 Å². The Balaban J connectivity index is 1.91. The summed E-state index contributed by atoms with van der Waals surface area (Å²) in [6.45, 7) is 5.57. The maximum Gasteiger partial charge on any atom is 0.132 e. The minimum absolute atomic E-state index is 0.499. The van der Waals surface area contributed by atoms with E-state index in [0.29, 0.717) is 5.82 Å². The van der Waals surface area contributed by atoms with Crippen LogP contribution in [0.2, 0.25) is 0 Å². The van der Waals surface area contributed by atoms with E-state index in [1.807, 2.05) is 30.9 Å². The highest BCUT2D eigenvalue weighted by molar-refractivity contribution is 5.44. The molecule has 0 radical (unpaired) electrons. The Morgan fingerprint density at radius 3 is 2.89 bits per heavy atom. The number of hydrogen-bond acceptors (Lipinski definition) is 5. The van der Waals surface area contributed by atoms with Gasteiger partial charge in [-0.2, -0.15) is 5.10 Å². The number of nitrogens with one attached hydrogen (secondary N) is 1. The number of aryl methyl sites for hydroxylation is 2. The van der Waals surface area contributed by atoms with Crippen LogP contribution in [0.25, 0.3) is 0 Å². The summed E-state index contributed by atoms with van der Waals surface area (Å²) in [7, 11) is 0. The summed E-state index contributed by atoms with van der Waals surface area (Å²) >= 11 is 0. The fourth-order valence-electron chi connectivity index (χ4n) is 1.65. The van der Waals surface area contributed by atoms with Crippen LogP contribution >= 0.6 is 0 Å². The van der Waals surface area contributed by atoms with Crippen LogP contribution in [0.4, 0.5) is 11.6 Å². The van der Waals surface area contributed by atoms with Crippen molar-refractivity contribution >= 4 is 11.6 Å². The summed E-state index contributed by atoms with van der Waals surface area (Å²) in [6.07, 6.45) is 4.63. The van der Waals surface area contributed by atoms with Crippen LogP contribution in [0, 0.1) is 6.92 Å². The molecule has 6 nitrogen and oxygen atoms in total. The minimum atomic E-state index is 0.499. The number of nitrogen functional groups attached to an aromatic ring is 1. The summed E-state index contributed by atoms with van der Waals surface area (Å²) in [4.78, 5) is 8.49. The molecule has 0 fully saturated rings. The highest BCUT2D eigenvalue weighted by Crippen LogP contribution is 2.08. The normalized spacial score (nSPS) is 10.6. The van der Waals surface area contributed by atoms with Crippen molar-refractivity contribution in [2.24, 2.45) is 0 Å². The molecule has 0 saturated heterocycles. The van der Waals surface area contributed by atoms with Crippen LogP contribution in [0.5, 0.6) is 0 Å². The van der Waals surface area contributed by atoms with Crippen LogP contribution in [0.3, 0.4) is 0 Å². The molecule has 6 heteroatoms. The highest BCUT2D eigenvalue weighted by Gasteiger charge is 2.01. The molecule has 0 amide bonds. The lowest BCUT2D eigenvalue weighted by molar-refractivity contribution is 0.636. The lowest BCUT2D eigenvalue weighted by atomic mass is 10.4. The predicted octanol–water partition coefficient (Wildman–Crippen LogP) is 1.24. The molecule has 18 heavy (non-hydrogen) atoms. The Bertz CT molecular complexity index is 519. The SMILES string of the molecule is CCc1nc(N)cc(NCCn2cc(C)cn2)n1. The molecule has 0 aliphatic rings. The third-order valence-electron chi connectivity index (χ3n) is 2.52. The average Bonchev–Trinajstić information content (AvgIpc) is 2.74. The largest absolute Gasteiger partial charge is 0.384 e. The van der Waals surface area contributed by atoms with Gasteiger partial charge in [-0.15, -0.1) is 0 Å². The molecule has 3 N–H and O–H groups in total. The van der Waals surface area contributed by atoms with E-state index in [-0.39, 0.29) is 0 Å². The van der Waals surface area contributed by atoms with E-state index in [9.17, 15) is 0 Å². The van der Waals surface area contributed by atoms with Gasteiger partial charge < -0.3 is 11.1 Å². The molecule has 0 atom stereocenters. The van der Waals surface area contributed by atoms with Gasteiger partial charge in [0.2, 0.25) is 0 Å². The lowest BCUT2D eigenvalue weighted by Gasteiger charge is -2.07. The van der Waals surface area contributed by atoms with Crippen molar-refractivity contribution in [1.29, 1.82) is 0 Å². The monoisotopic (exact) mass is 246 g/mol. The van der Waals surface area contributed by atoms with E-state index in [0.717, 1.165) is 36.7 Å². The van der Waals surface area contributed by atoms with Gasteiger partial charge in [0.25, 0.3) is 0 Å². The van der Waals surface area contributed by atoms with Crippen LogP contribution in [-0.4, -0.2) is 26.3 Å². The van der Waals surface area contributed by atoms with Crippen molar-refractivity contribution in [1.82, 2.24) is 19.7 Å². The number of rotatable bonds is 5. The molecule has 2 rings (SSSR count). The van der Waals surface area contributed by atoms with Gasteiger partial charge in [0, 0.05) is 25.2 Å². The van der Waals surface area contributed by atoms with Gasteiger partial charge >= 0.3 is 0 Å². The third kappa shape index (κ3) is 3.19. The standard InChI is InChI=1S/C12H18N6/c1-3-11-16-10(13)6-12(17-11)14-4-5-18-8-9(2)7-15-18/h6-8H,3-5H2,1-2H3,(H3,13,14,16,17). The third-order valence-corrected chi connectivity index (χ3v) is 2.52. The number of nitrogens with zero attached hydrogens (tertiary/aromatic N) is 4. The maximum absolute atomic E-state index is 5.71. The van der Waals surface area contributed by atoms with Crippen LogP contribution < -0.4 is 11.1 Å². The molecule has 0 unspecified atom stereocenters. The Hall–Kier alpha value is -2.11. The van der Waals surface area contributed by atoms with E-state index in [4.69, 9.17) is 5.73 Å². The van der Waals surface area contributed by atoms with Gasteiger partial charge in [-0.1, -0.05) is 6.92 Å². The first-order chi connectivity index (χ1) is 8.67. The summed E-state index contributed by atoms with van der Waals surface area (Å²) in [5.74, 6) is 2.02.